The predicted octanol–water partition coefficient (Wildman–Crippen LogP) is 3.89. The van der Waals surface area contributed by atoms with E-state index in [9.17, 15) is 9.90 Å². The second-order valence-corrected chi connectivity index (χ2v) is 8.70. The number of esters is 1. The summed E-state index contributed by atoms with van der Waals surface area (Å²) in [5.74, 6) is 1.85. The van der Waals surface area contributed by atoms with Crippen molar-refractivity contribution in [2.45, 2.75) is 45.1 Å². The first-order valence-corrected chi connectivity index (χ1v) is 12.0. The van der Waals surface area contributed by atoms with Gasteiger partial charge in [0.25, 0.3) is 0 Å². The van der Waals surface area contributed by atoms with Gasteiger partial charge in [0.2, 0.25) is 0 Å². The number of aliphatic hydroxyl groups is 1. The number of methoxy groups -OCH3 is 1. The van der Waals surface area contributed by atoms with Crippen LogP contribution in [0.25, 0.3) is 0 Å². The summed E-state index contributed by atoms with van der Waals surface area (Å²) in [6.45, 7) is 4.80. The van der Waals surface area contributed by atoms with Gasteiger partial charge in [-0.1, -0.05) is 30.3 Å². The fraction of sp³-hybridized carbons (Fsp3) is 0.519. The highest BCUT2D eigenvalue weighted by Gasteiger charge is 2.24. The minimum absolute atomic E-state index is 0.126. The third-order valence-electron chi connectivity index (χ3n) is 6.05. The molecule has 1 fully saturated rings. The molecule has 2 aromatic carbocycles. The van der Waals surface area contributed by atoms with E-state index < -0.39 is 6.10 Å². The van der Waals surface area contributed by atoms with E-state index in [1.807, 2.05) is 37.3 Å². The van der Waals surface area contributed by atoms with Crippen LogP contribution in [-0.2, 0) is 22.4 Å². The highest BCUT2D eigenvalue weighted by molar-refractivity contribution is 5.69. The molecular weight excluding hydrogens is 418 g/mol. The number of β-amino-alcohol motifs (C(OH)–C–C–N with tert-alkyl or cyclic N) is 1. The van der Waals surface area contributed by atoms with Crippen molar-refractivity contribution in [3.63, 3.8) is 0 Å². The summed E-state index contributed by atoms with van der Waals surface area (Å²) in [5, 5.41) is 10.6. The Bertz CT molecular complexity index is 871. The quantitative estimate of drug-likeness (QED) is 0.490. The monoisotopic (exact) mass is 455 g/mol. The van der Waals surface area contributed by atoms with Gasteiger partial charge < -0.3 is 24.2 Å². The van der Waals surface area contributed by atoms with Gasteiger partial charge in [-0.2, -0.15) is 0 Å². The van der Waals surface area contributed by atoms with Crippen LogP contribution >= 0.6 is 0 Å². The summed E-state index contributed by atoms with van der Waals surface area (Å²) in [4.78, 5) is 14.0. The van der Waals surface area contributed by atoms with Crippen LogP contribution in [0.2, 0.25) is 0 Å². The van der Waals surface area contributed by atoms with Crippen molar-refractivity contribution in [2.75, 3.05) is 40.0 Å². The summed E-state index contributed by atoms with van der Waals surface area (Å²) >= 11 is 0. The fourth-order valence-electron chi connectivity index (χ4n) is 4.43. The lowest BCUT2D eigenvalue weighted by molar-refractivity contribution is -0.144. The smallest absolute Gasteiger partial charge is 0.306 e. The molecular formula is C27H37NO5. The van der Waals surface area contributed by atoms with Gasteiger partial charge in [0.15, 0.2) is 0 Å². The number of para-hydroxylation sites is 1. The third kappa shape index (κ3) is 8.37. The SMILES string of the molecule is CCOC(=O)C[C@@H]1CCCN(CC(O)COc2ccccc2CCc2cccc(OC)c2)C1. The molecule has 2 aromatic rings. The first-order valence-electron chi connectivity index (χ1n) is 12.0. The van der Waals surface area contributed by atoms with Gasteiger partial charge in [-0.15, -0.1) is 0 Å². The number of likely N-dealkylation sites (tertiary alicyclic amines) is 1. The van der Waals surface area contributed by atoms with Crippen molar-refractivity contribution in [3.8, 4) is 11.5 Å². The number of hydrogen-bond donors (Lipinski definition) is 1. The summed E-state index contributed by atoms with van der Waals surface area (Å²) < 4.78 is 16.4. The first-order chi connectivity index (χ1) is 16.1. The molecule has 33 heavy (non-hydrogen) atoms. The van der Waals surface area contributed by atoms with Gasteiger partial charge in [0, 0.05) is 19.5 Å². The Balaban J connectivity index is 1.47. The van der Waals surface area contributed by atoms with Gasteiger partial charge in [0.05, 0.1) is 13.7 Å². The van der Waals surface area contributed by atoms with E-state index in [1.165, 1.54) is 5.56 Å². The van der Waals surface area contributed by atoms with Gasteiger partial charge in [0.1, 0.15) is 24.2 Å². The van der Waals surface area contributed by atoms with Crippen molar-refractivity contribution in [1.29, 1.82) is 0 Å². The van der Waals surface area contributed by atoms with Crippen LogP contribution < -0.4 is 9.47 Å². The van der Waals surface area contributed by atoms with Crippen molar-refractivity contribution < 1.29 is 24.1 Å². The van der Waals surface area contributed by atoms with Gasteiger partial charge in [-0.3, -0.25) is 4.79 Å². The number of carbonyl (C=O) groups is 1. The molecule has 1 N–H and O–H groups in total. The highest BCUT2D eigenvalue weighted by Crippen LogP contribution is 2.23. The first kappa shape index (κ1) is 25.1. The maximum absolute atomic E-state index is 11.8. The highest BCUT2D eigenvalue weighted by atomic mass is 16.5. The second kappa shape index (κ2) is 13.2. The van der Waals surface area contributed by atoms with E-state index in [2.05, 4.69) is 23.1 Å². The number of ether oxygens (including phenoxy) is 3. The Morgan fingerprint density at radius 3 is 2.85 bits per heavy atom. The number of aryl methyl sites for hydroxylation is 2. The van der Waals surface area contributed by atoms with E-state index >= 15 is 0 Å². The van der Waals surface area contributed by atoms with E-state index in [0.717, 1.165) is 55.8 Å². The largest absolute Gasteiger partial charge is 0.497 e. The Kier molecular flexibility index (Phi) is 10.0. The molecule has 6 heteroatoms. The maximum atomic E-state index is 11.8. The molecule has 6 nitrogen and oxygen atoms in total. The molecule has 0 aromatic heterocycles. The van der Waals surface area contributed by atoms with Crippen molar-refractivity contribution in [3.05, 3.63) is 59.7 Å². The van der Waals surface area contributed by atoms with Gasteiger partial charge in [-0.05, 0) is 74.4 Å². The minimum Gasteiger partial charge on any atom is -0.497 e. The van der Waals surface area contributed by atoms with Crippen LogP contribution in [0.15, 0.2) is 48.5 Å². The van der Waals surface area contributed by atoms with Crippen LogP contribution in [0.1, 0.15) is 37.3 Å². The van der Waals surface area contributed by atoms with E-state index in [4.69, 9.17) is 14.2 Å². The van der Waals surface area contributed by atoms with Crippen molar-refractivity contribution in [2.24, 2.45) is 5.92 Å². The summed E-state index contributed by atoms with van der Waals surface area (Å²) in [6, 6.07) is 16.1. The van der Waals surface area contributed by atoms with Gasteiger partial charge in [-0.25, -0.2) is 0 Å². The molecule has 1 aliphatic rings. The molecule has 0 aliphatic carbocycles. The molecule has 1 saturated heterocycles. The number of rotatable bonds is 12. The summed E-state index contributed by atoms with van der Waals surface area (Å²) in [6.07, 6.45) is 3.67. The number of benzene rings is 2. The Hall–Kier alpha value is -2.57. The standard InChI is InChI=1S/C27H37NO5/c1-3-32-27(30)17-22-9-7-15-28(18-22)19-24(29)20-33-26-12-5-4-10-23(26)14-13-21-8-6-11-25(16-21)31-2/h4-6,8,10-12,16,22,24,29H,3,7,9,13-15,17-20H2,1-2H3/t22-,24?/m0/s1. The molecule has 0 saturated carbocycles. The van der Waals surface area contributed by atoms with E-state index in [1.54, 1.807) is 7.11 Å². The van der Waals surface area contributed by atoms with Crippen molar-refractivity contribution >= 4 is 5.97 Å². The number of hydrogen-bond acceptors (Lipinski definition) is 6. The normalized spacial score (nSPS) is 17.4. The molecule has 2 atom stereocenters. The topological polar surface area (TPSA) is 68.2 Å². The Morgan fingerprint density at radius 2 is 2.03 bits per heavy atom. The van der Waals surface area contributed by atoms with E-state index in [-0.39, 0.29) is 12.6 Å². The molecule has 1 unspecified atom stereocenters. The Morgan fingerprint density at radius 1 is 1.18 bits per heavy atom. The lowest BCUT2D eigenvalue weighted by Gasteiger charge is -2.33. The zero-order valence-corrected chi connectivity index (χ0v) is 19.9. The molecule has 1 aliphatic heterocycles. The molecule has 0 amide bonds. The zero-order chi connectivity index (χ0) is 23.5. The minimum atomic E-state index is -0.585. The molecule has 1 heterocycles. The average molecular weight is 456 g/mol. The summed E-state index contributed by atoms with van der Waals surface area (Å²) in [7, 11) is 1.68. The van der Waals surface area contributed by atoms with E-state index in [0.29, 0.717) is 25.5 Å². The number of carbonyl (C=O) groups excluding carboxylic acids is 1. The van der Waals surface area contributed by atoms with Crippen molar-refractivity contribution in [1.82, 2.24) is 4.90 Å². The number of piperidine rings is 1. The van der Waals surface area contributed by atoms with Crippen LogP contribution in [0.3, 0.4) is 0 Å². The zero-order valence-electron chi connectivity index (χ0n) is 19.9. The third-order valence-corrected chi connectivity index (χ3v) is 6.05. The molecule has 180 valence electrons. The number of aliphatic hydroxyl groups excluding tert-OH is 1. The van der Waals surface area contributed by atoms with Crippen LogP contribution in [0.4, 0.5) is 0 Å². The Labute approximate surface area is 197 Å². The molecule has 0 bridgehead atoms. The van der Waals surface area contributed by atoms with Crippen LogP contribution in [0, 0.1) is 5.92 Å². The second-order valence-electron chi connectivity index (χ2n) is 8.70. The maximum Gasteiger partial charge on any atom is 0.306 e. The van der Waals surface area contributed by atoms with Crippen LogP contribution in [0.5, 0.6) is 11.5 Å². The lowest BCUT2D eigenvalue weighted by atomic mass is 9.94. The predicted molar refractivity (Wildman–Crippen MR) is 129 cm³/mol. The molecule has 3 rings (SSSR count). The van der Waals surface area contributed by atoms with Crippen LogP contribution in [-0.4, -0.2) is 62.0 Å². The number of nitrogens with zero attached hydrogens (tertiary/aromatic N) is 1. The fourth-order valence-corrected chi connectivity index (χ4v) is 4.43. The molecule has 0 radical (unpaired) electrons. The summed E-state index contributed by atoms with van der Waals surface area (Å²) in [5.41, 5.74) is 2.34. The van der Waals surface area contributed by atoms with Gasteiger partial charge >= 0.3 is 5.97 Å². The molecule has 0 spiro atoms. The lowest BCUT2D eigenvalue weighted by Crippen LogP contribution is -2.42. The average Bonchev–Trinajstić information content (AvgIpc) is 2.82.